The van der Waals surface area contributed by atoms with Crippen molar-refractivity contribution in [3.05, 3.63) is 50.6 Å². The van der Waals surface area contributed by atoms with Crippen LogP contribution in [0.4, 0.5) is 17.1 Å². The maximum atomic E-state index is 6.18. The number of hydrogen-bond acceptors (Lipinski definition) is 4. The average molecular weight is 439 g/mol. The summed E-state index contributed by atoms with van der Waals surface area (Å²) in [5.74, 6) is 1.02. The molecule has 0 unspecified atom stereocenters. The lowest BCUT2D eigenvalue weighted by Gasteiger charge is -2.30. The van der Waals surface area contributed by atoms with Crippen molar-refractivity contribution in [1.29, 1.82) is 0 Å². The van der Waals surface area contributed by atoms with Gasteiger partial charge in [-0.25, -0.2) is 4.99 Å². The number of amidine groups is 1. The zero-order valence-corrected chi connectivity index (χ0v) is 15.4. The molecule has 2 N–H and O–H groups in total. The lowest BCUT2D eigenvalue weighted by atomic mass is 10.1. The highest BCUT2D eigenvalue weighted by Gasteiger charge is 2.23. The first kappa shape index (κ1) is 15.2. The summed E-state index contributed by atoms with van der Waals surface area (Å²) >= 11 is 8.53. The van der Waals surface area contributed by atoms with Gasteiger partial charge in [-0.05, 0) is 59.0 Å². The van der Waals surface area contributed by atoms with E-state index in [-0.39, 0.29) is 0 Å². The largest absolute Gasteiger partial charge is 0.353 e. The summed E-state index contributed by atoms with van der Waals surface area (Å²) in [5, 5.41) is 7.61. The molecule has 0 radical (unpaired) electrons. The Kier molecular flexibility index (Phi) is 4.17. The van der Waals surface area contributed by atoms with Crippen LogP contribution >= 0.6 is 34.2 Å². The smallest absolute Gasteiger partial charge is 0.138 e. The molecule has 6 heteroatoms. The summed E-state index contributed by atoms with van der Waals surface area (Å²) < 4.78 is 1.20. The van der Waals surface area contributed by atoms with Crippen molar-refractivity contribution in [2.45, 2.75) is 0 Å². The molecular formula is C17H16ClIN4. The highest BCUT2D eigenvalue weighted by molar-refractivity contribution is 14.1. The Balaban J connectivity index is 1.89. The molecule has 2 aliphatic heterocycles. The number of benzene rings is 2. The first-order chi connectivity index (χ1) is 11.2. The number of hydrogen-bond donors (Lipinski definition) is 2. The van der Waals surface area contributed by atoms with Crippen molar-refractivity contribution in [3.8, 4) is 0 Å². The summed E-state index contributed by atoms with van der Waals surface area (Å²) in [6.45, 7) is 3.88. The highest BCUT2D eigenvalue weighted by Crippen LogP contribution is 2.37. The fraction of sp³-hybridized carbons (Fsp3) is 0.235. The summed E-state index contributed by atoms with van der Waals surface area (Å²) in [6, 6.07) is 12.2. The number of nitrogens with zero attached hydrogens (tertiary/aromatic N) is 2. The van der Waals surface area contributed by atoms with E-state index in [0.29, 0.717) is 5.02 Å². The Labute approximate surface area is 154 Å². The van der Waals surface area contributed by atoms with E-state index >= 15 is 0 Å². The summed E-state index contributed by atoms with van der Waals surface area (Å²) in [7, 11) is 0. The van der Waals surface area contributed by atoms with Crippen LogP contribution in [0.1, 0.15) is 5.56 Å². The van der Waals surface area contributed by atoms with E-state index in [1.807, 2.05) is 18.2 Å². The number of anilines is 2. The van der Waals surface area contributed by atoms with E-state index in [1.165, 1.54) is 3.57 Å². The maximum Gasteiger partial charge on any atom is 0.138 e. The summed E-state index contributed by atoms with van der Waals surface area (Å²) in [6.07, 6.45) is 0. The molecule has 23 heavy (non-hydrogen) atoms. The van der Waals surface area contributed by atoms with Crippen LogP contribution in [0.5, 0.6) is 0 Å². The van der Waals surface area contributed by atoms with Gasteiger partial charge in [0, 0.05) is 46.0 Å². The van der Waals surface area contributed by atoms with E-state index < -0.39 is 0 Å². The van der Waals surface area contributed by atoms with Crippen LogP contribution in [-0.4, -0.2) is 36.9 Å². The highest BCUT2D eigenvalue weighted by atomic mass is 127. The van der Waals surface area contributed by atoms with Crippen LogP contribution in [-0.2, 0) is 0 Å². The molecule has 2 aromatic rings. The second-order valence-electron chi connectivity index (χ2n) is 5.65. The number of fused-ring (bicyclic) bond motifs is 2. The van der Waals surface area contributed by atoms with Crippen LogP contribution in [0.3, 0.4) is 0 Å². The molecule has 118 valence electrons. The quantitative estimate of drug-likeness (QED) is 0.611. The summed E-state index contributed by atoms with van der Waals surface area (Å²) in [5.41, 5.74) is 4.11. The molecular weight excluding hydrogens is 423 g/mol. The minimum absolute atomic E-state index is 0.703. The monoisotopic (exact) mass is 438 g/mol. The molecule has 1 saturated heterocycles. The van der Waals surface area contributed by atoms with Gasteiger partial charge in [0.1, 0.15) is 5.84 Å². The first-order valence-corrected chi connectivity index (χ1v) is 9.07. The van der Waals surface area contributed by atoms with Crippen LogP contribution in [0, 0.1) is 3.57 Å². The number of halogens is 2. The third kappa shape index (κ3) is 3.05. The van der Waals surface area contributed by atoms with Crippen LogP contribution in [0.2, 0.25) is 5.02 Å². The van der Waals surface area contributed by atoms with Crippen LogP contribution < -0.4 is 10.6 Å². The second-order valence-corrected chi connectivity index (χ2v) is 7.33. The molecule has 0 bridgehead atoms. The fourth-order valence-corrected chi connectivity index (χ4v) is 3.61. The fourth-order valence-electron chi connectivity index (χ4n) is 2.95. The third-order valence-corrected chi connectivity index (χ3v) is 5.00. The SMILES string of the molecule is Clc1ccc2c(c1)N=C(N1CCNCC1)c1cc(I)ccc1N2. The topological polar surface area (TPSA) is 39.7 Å². The summed E-state index contributed by atoms with van der Waals surface area (Å²) in [4.78, 5) is 7.32. The normalized spacial score (nSPS) is 16.8. The van der Waals surface area contributed by atoms with Gasteiger partial charge in [0.25, 0.3) is 0 Å². The molecule has 0 aliphatic carbocycles. The Hall–Kier alpha value is -1.31. The van der Waals surface area contributed by atoms with E-state index in [2.05, 4.69) is 56.3 Å². The molecule has 2 aliphatic rings. The van der Waals surface area contributed by atoms with Gasteiger partial charge in [-0.2, -0.15) is 0 Å². The van der Waals surface area contributed by atoms with E-state index in [0.717, 1.165) is 54.6 Å². The van der Waals surface area contributed by atoms with E-state index in [9.17, 15) is 0 Å². The van der Waals surface area contributed by atoms with Crippen molar-refractivity contribution in [3.63, 3.8) is 0 Å². The van der Waals surface area contributed by atoms with Gasteiger partial charge in [0.2, 0.25) is 0 Å². The minimum atomic E-state index is 0.703. The molecule has 0 amide bonds. The zero-order chi connectivity index (χ0) is 15.8. The van der Waals surface area contributed by atoms with Crippen molar-refractivity contribution in [1.82, 2.24) is 10.2 Å². The molecule has 4 rings (SSSR count). The Morgan fingerprint density at radius 3 is 2.65 bits per heavy atom. The van der Waals surface area contributed by atoms with Gasteiger partial charge in [-0.15, -0.1) is 0 Å². The molecule has 0 spiro atoms. The van der Waals surface area contributed by atoms with Crippen molar-refractivity contribution in [2.24, 2.45) is 4.99 Å². The van der Waals surface area contributed by atoms with Gasteiger partial charge in [0.15, 0.2) is 0 Å². The standard InChI is InChI=1S/C17H16ClIN4/c18-11-1-3-15-16(9-11)22-17(23-7-5-20-6-8-23)13-10-12(19)2-4-14(13)21-15/h1-4,9-10,20-21H,5-8H2. The number of nitrogens with one attached hydrogen (secondary N) is 2. The predicted molar refractivity (Wildman–Crippen MR) is 105 cm³/mol. The van der Waals surface area contributed by atoms with E-state index in [4.69, 9.17) is 16.6 Å². The van der Waals surface area contributed by atoms with Gasteiger partial charge < -0.3 is 15.5 Å². The molecule has 0 atom stereocenters. The van der Waals surface area contributed by atoms with Crippen LogP contribution in [0.15, 0.2) is 41.4 Å². The molecule has 4 nitrogen and oxygen atoms in total. The maximum absolute atomic E-state index is 6.18. The molecule has 0 saturated carbocycles. The Morgan fingerprint density at radius 1 is 1.04 bits per heavy atom. The lowest BCUT2D eigenvalue weighted by molar-refractivity contribution is 0.358. The Bertz CT molecular complexity index is 784. The van der Waals surface area contributed by atoms with Gasteiger partial charge in [0.05, 0.1) is 11.4 Å². The average Bonchev–Trinajstić information content (AvgIpc) is 2.72. The zero-order valence-electron chi connectivity index (χ0n) is 12.4. The first-order valence-electron chi connectivity index (χ1n) is 7.61. The molecule has 2 aromatic carbocycles. The van der Waals surface area contributed by atoms with Crippen LogP contribution in [0.25, 0.3) is 0 Å². The van der Waals surface area contributed by atoms with Crippen molar-refractivity contribution >= 4 is 57.1 Å². The van der Waals surface area contributed by atoms with Gasteiger partial charge in [-0.1, -0.05) is 11.6 Å². The second kappa shape index (κ2) is 6.30. The van der Waals surface area contributed by atoms with Crippen molar-refractivity contribution in [2.75, 3.05) is 31.5 Å². The van der Waals surface area contributed by atoms with E-state index in [1.54, 1.807) is 0 Å². The predicted octanol–water partition coefficient (Wildman–Crippen LogP) is 3.99. The number of piperazine rings is 1. The third-order valence-electron chi connectivity index (χ3n) is 4.09. The number of aliphatic imine (C=N–C) groups is 1. The van der Waals surface area contributed by atoms with Crippen molar-refractivity contribution < 1.29 is 0 Å². The number of rotatable bonds is 0. The molecule has 1 fully saturated rings. The van der Waals surface area contributed by atoms with Gasteiger partial charge in [-0.3, -0.25) is 0 Å². The lowest BCUT2D eigenvalue weighted by Crippen LogP contribution is -2.46. The Morgan fingerprint density at radius 2 is 1.83 bits per heavy atom. The van der Waals surface area contributed by atoms with Gasteiger partial charge >= 0.3 is 0 Å². The molecule has 0 aromatic heterocycles. The minimum Gasteiger partial charge on any atom is -0.353 e. The molecule has 2 heterocycles.